The van der Waals surface area contributed by atoms with Gasteiger partial charge in [-0.05, 0) is 13.8 Å². The molecule has 112 valence electrons. The highest BCUT2D eigenvalue weighted by Crippen LogP contribution is 2.29. The van der Waals surface area contributed by atoms with Crippen molar-refractivity contribution in [1.29, 1.82) is 0 Å². The Kier molecular flexibility index (Phi) is 3.70. The molecular weight excluding hydrogens is 278 g/mol. The van der Waals surface area contributed by atoms with Gasteiger partial charge in [-0.15, -0.1) is 0 Å². The monoisotopic (exact) mass is 293 g/mol. The molecule has 1 fully saturated rings. The largest absolute Gasteiger partial charge is 0.508 e. The van der Waals surface area contributed by atoms with E-state index in [0.717, 1.165) is 28.0 Å². The summed E-state index contributed by atoms with van der Waals surface area (Å²) in [5, 5.41) is 21.4. The topological polar surface area (TPSA) is 110 Å². The average Bonchev–Trinajstić information content (AvgIpc) is 2.62. The maximum Gasteiger partial charge on any atom is 0.340 e. The fraction of sp³-hybridized carbons (Fsp3) is 0.308. The number of imide groups is 2. The van der Waals surface area contributed by atoms with Gasteiger partial charge in [0.05, 0.1) is 5.69 Å². The number of amides is 5. The second-order valence-corrected chi connectivity index (χ2v) is 4.91. The van der Waals surface area contributed by atoms with Crippen molar-refractivity contribution >= 4 is 23.7 Å². The number of rotatable bonds is 2. The van der Waals surface area contributed by atoms with Crippen LogP contribution in [0.4, 0.5) is 15.3 Å². The number of phenolic OH excluding ortho intramolecular Hbond substituents is 2. The first-order valence-electron chi connectivity index (χ1n) is 6.27. The van der Waals surface area contributed by atoms with E-state index in [1.165, 1.54) is 0 Å². The molecule has 0 aromatic heterocycles. The van der Waals surface area contributed by atoms with Crippen LogP contribution in [0.25, 0.3) is 0 Å². The second kappa shape index (κ2) is 5.31. The van der Waals surface area contributed by atoms with Gasteiger partial charge in [-0.2, -0.15) is 0 Å². The zero-order chi connectivity index (χ0) is 15.7. The minimum absolute atomic E-state index is 0.00217. The van der Waals surface area contributed by atoms with Gasteiger partial charge in [-0.1, -0.05) is 0 Å². The predicted molar refractivity (Wildman–Crippen MR) is 73.0 cm³/mol. The Morgan fingerprint density at radius 1 is 1.19 bits per heavy atom. The molecule has 2 rings (SSSR count). The van der Waals surface area contributed by atoms with Gasteiger partial charge >= 0.3 is 12.1 Å². The number of carbonyl (C=O) groups is 3. The molecule has 0 bridgehead atoms. The van der Waals surface area contributed by atoms with Crippen molar-refractivity contribution in [1.82, 2.24) is 10.2 Å². The first-order valence-corrected chi connectivity index (χ1v) is 6.27. The lowest BCUT2D eigenvalue weighted by Gasteiger charge is -2.18. The molecule has 8 heteroatoms. The third-order valence-corrected chi connectivity index (χ3v) is 2.77. The maximum absolute atomic E-state index is 12.2. The van der Waals surface area contributed by atoms with Crippen molar-refractivity contribution < 1.29 is 24.6 Å². The van der Waals surface area contributed by atoms with Crippen LogP contribution in [0, 0.1) is 0 Å². The zero-order valence-corrected chi connectivity index (χ0v) is 11.5. The summed E-state index contributed by atoms with van der Waals surface area (Å²) in [6.07, 6.45) is 0. The van der Waals surface area contributed by atoms with Crippen molar-refractivity contribution in [2.45, 2.75) is 19.9 Å². The second-order valence-electron chi connectivity index (χ2n) is 4.91. The number of phenols is 2. The van der Waals surface area contributed by atoms with Crippen LogP contribution < -0.4 is 10.2 Å². The van der Waals surface area contributed by atoms with Gasteiger partial charge in [-0.3, -0.25) is 4.79 Å². The summed E-state index contributed by atoms with van der Waals surface area (Å²) in [6, 6.07) is 1.69. The van der Waals surface area contributed by atoms with Crippen molar-refractivity contribution in [3.05, 3.63) is 18.2 Å². The number of aromatic hydroxyl groups is 2. The number of nitrogens with one attached hydrogen (secondary N) is 1. The van der Waals surface area contributed by atoms with Crippen LogP contribution in [0.5, 0.6) is 11.5 Å². The van der Waals surface area contributed by atoms with E-state index in [4.69, 9.17) is 0 Å². The van der Waals surface area contributed by atoms with Crippen LogP contribution in [-0.2, 0) is 4.79 Å². The summed E-state index contributed by atoms with van der Waals surface area (Å²) < 4.78 is 0. The molecule has 0 radical (unpaired) electrons. The summed E-state index contributed by atoms with van der Waals surface area (Å²) in [5.41, 5.74) is 0.00217. The molecule has 0 spiro atoms. The number of nitrogens with zero attached hydrogens (tertiary/aromatic N) is 2. The summed E-state index contributed by atoms with van der Waals surface area (Å²) in [6.45, 7) is 3.06. The summed E-state index contributed by atoms with van der Waals surface area (Å²) >= 11 is 0. The number of urea groups is 2. The Morgan fingerprint density at radius 2 is 1.76 bits per heavy atom. The molecule has 1 aromatic carbocycles. The van der Waals surface area contributed by atoms with Crippen LogP contribution in [-0.4, -0.2) is 45.7 Å². The number of carbonyl (C=O) groups excluding carboxylic acids is 3. The zero-order valence-electron chi connectivity index (χ0n) is 11.5. The Labute approximate surface area is 120 Å². The van der Waals surface area contributed by atoms with Gasteiger partial charge in [-0.25, -0.2) is 19.4 Å². The third-order valence-electron chi connectivity index (χ3n) is 2.77. The lowest BCUT2D eigenvalue weighted by Crippen LogP contribution is -2.45. The molecular formula is C13H15N3O5. The van der Waals surface area contributed by atoms with Crippen molar-refractivity contribution in [3.63, 3.8) is 0 Å². The number of anilines is 1. The van der Waals surface area contributed by atoms with Crippen molar-refractivity contribution in [2.24, 2.45) is 0 Å². The van der Waals surface area contributed by atoms with Gasteiger partial charge in [0.1, 0.15) is 18.0 Å². The van der Waals surface area contributed by atoms with E-state index in [2.05, 4.69) is 5.32 Å². The third kappa shape index (κ3) is 2.88. The molecule has 1 aromatic rings. The Balaban J connectivity index is 2.28. The highest BCUT2D eigenvalue weighted by Gasteiger charge is 2.41. The number of hydrogen-bond donors (Lipinski definition) is 3. The molecule has 1 saturated heterocycles. The number of hydrogen-bond acceptors (Lipinski definition) is 5. The van der Waals surface area contributed by atoms with E-state index < -0.39 is 24.5 Å². The fourth-order valence-electron chi connectivity index (χ4n) is 1.95. The van der Waals surface area contributed by atoms with Crippen LogP contribution in [0.3, 0.4) is 0 Å². The molecule has 0 atom stereocenters. The van der Waals surface area contributed by atoms with E-state index >= 15 is 0 Å². The lowest BCUT2D eigenvalue weighted by molar-refractivity contribution is -0.116. The van der Waals surface area contributed by atoms with Gasteiger partial charge in [0, 0.05) is 24.2 Å². The summed E-state index contributed by atoms with van der Waals surface area (Å²) in [7, 11) is 0. The molecule has 21 heavy (non-hydrogen) atoms. The molecule has 1 aliphatic rings. The molecule has 1 aliphatic heterocycles. The van der Waals surface area contributed by atoms with Gasteiger partial charge in [0.2, 0.25) is 0 Å². The van der Waals surface area contributed by atoms with Gasteiger partial charge in [0.25, 0.3) is 5.91 Å². The molecule has 1 heterocycles. The van der Waals surface area contributed by atoms with Crippen molar-refractivity contribution in [3.8, 4) is 11.5 Å². The maximum atomic E-state index is 12.2. The first kappa shape index (κ1) is 14.6. The van der Waals surface area contributed by atoms with Crippen molar-refractivity contribution in [2.75, 3.05) is 11.4 Å². The average molecular weight is 293 g/mol. The quantitative estimate of drug-likeness (QED) is 0.704. The fourth-order valence-corrected chi connectivity index (χ4v) is 1.95. The molecule has 0 saturated carbocycles. The van der Waals surface area contributed by atoms with Gasteiger partial charge in [0.15, 0.2) is 0 Å². The van der Waals surface area contributed by atoms with E-state index in [1.54, 1.807) is 13.8 Å². The standard InChI is InChI=1S/C13H15N3O5/c1-7(2)14-12(20)15-6-11(19)16(13(15)21)8-3-9(17)5-10(18)4-8/h3-5,7,17-18H,6H2,1-2H3,(H,14,20). The predicted octanol–water partition coefficient (Wildman–Crippen LogP) is 0.984. The van der Waals surface area contributed by atoms with E-state index in [9.17, 15) is 24.6 Å². The lowest BCUT2D eigenvalue weighted by atomic mass is 10.2. The van der Waals surface area contributed by atoms with E-state index in [-0.39, 0.29) is 23.2 Å². The molecule has 3 N–H and O–H groups in total. The molecule has 8 nitrogen and oxygen atoms in total. The molecule has 5 amide bonds. The highest BCUT2D eigenvalue weighted by molar-refractivity contribution is 6.24. The molecule has 0 aliphatic carbocycles. The highest BCUT2D eigenvalue weighted by atomic mass is 16.3. The minimum Gasteiger partial charge on any atom is -0.508 e. The summed E-state index contributed by atoms with van der Waals surface area (Å²) in [5.74, 6) is -1.21. The van der Waals surface area contributed by atoms with Gasteiger partial charge < -0.3 is 15.5 Å². The Morgan fingerprint density at radius 3 is 2.29 bits per heavy atom. The first-order chi connectivity index (χ1) is 9.79. The van der Waals surface area contributed by atoms with E-state index in [1.807, 2.05) is 0 Å². The number of benzene rings is 1. The van der Waals surface area contributed by atoms with Crippen LogP contribution in [0.15, 0.2) is 18.2 Å². The van der Waals surface area contributed by atoms with Crippen LogP contribution in [0.2, 0.25) is 0 Å². The molecule has 0 unspecified atom stereocenters. The SMILES string of the molecule is CC(C)NC(=O)N1CC(=O)N(c2cc(O)cc(O)c2)C1=O. The Hall–Kier alpha value is -2.77. The van der Waals surface area contributed by atoms with Crippen LogP contribution >= 0.6 is 0 Å². The Bertz CT molecular complexity index is 594. The normalized spacial score (nSPS) is 15.0. The van der Waals surface area contributed by atoms with Crippen LogP contribution in [0.1, 0.15) is 13.8 Å². The minimum atomic E-state index is -0.830. The smallest absolute Gasteiger partial charge is 0.340 e. The summed E-state index contributed by atoms with van der Waals surface area (Å²) in [4.78, 5) is 37.4. The van der Waals surface area contributed by atoms with E-state index in [0.29, 0.717) is 0 Å².